The third-order valence-corrected chi connectivity index (χ3v) is 4.90. The largest absolute Gasteiger partial charge is 0.489 e. The van der Waals surface area contributed by atoms with Crippen LogP contribution >= 0.6 is 0 Å². The van der Waals surface area contributed by atoms with Crippen LogP contribution in [0.1, 0.15) is 32.7 Å². The van der Waals surface area contributed by atoms with Crippen molar-refractivity contribution >= 4 is 5.91 Å². The molecule has 142 valence electrons. The minimum Gasteiger partial charge on any atom is -0.489 e. The monoisotopic (exact) mass is 376 g/mol. The summed E-state index contributed by atoms with van der Waals surface area (Å²) in [5, 5.41) is 0. The molecule has 1 aromatic heterocycles. The first-order valence-electron chi connectivity index (χ1n) is 9.29. The second-order valence-corrected chi connectivity index (χ2v) is 7.03. The van der Waals surface area contributed by atoms with E-state index in [4.69, 9.17) is 4.74 Å². The maximum absolute atomic E-state index is 13.0. The topological polar surface area (TPSA) is 42.4 Å². The average Bonchev–Trinajstić information content (AvgIpc) is 2.73. The van der Waals surface area contributed by atoms with Gasteiger partial charge in [-0.2, -0.15) is 0 Å². The highest BCUT2D eigenvalue weighted by atomic mass is 19.1. The molecule has 3 aromatic rings. The highest BCUT2D eigenvalue weighted by molar-refractivity contribution is 5.94. The molecule has 0 spiro atoms. The fourth-order valence-corrected chi connectivity index (χ4v) is 3.30. The number of aromatic nitrogens is 1. The van der Waals surface area contributed by atoms with Gasteiger partial charge in [0.05, 0.1) is 0 Å². The molecule has 0 unspecified atom stereocenters. The van der Waals surface area contributed by atoms with E-state index in [1.165, 1.54) is 12.1 Å². The van der Waals surface area contributed by atoms with E-state index in [0.29, 0.717) is 31.0 Å². The van der Waals surface area contributed by atoms with Crippen LogP contribution in [0.5, 0.6) is 5.75 Å². The van der Waals surface area contributed by atoms with Gasteiger partial charge in [0, 0.05) is 42.5 Å². The number of rotatable bonds is 4. The molecule has 0 saturated heterocycles. The normalized spacial score (nSPS) is 13.1. The van der Waals surface area contributed by atoms with E-state index in [-0.39, 0.29) is 11.7 Å². The molecule has 0 aliphatic carbocycles. The van der Waals surface area contributed by atoms with Gasteiger partial charge in [-0.05, 0) is 55.0 Å². The van der Waals surface area contributed by atoms with Crippen molar-refractivity contribution < 1.29 is 13.9 Å². The smallest absolute Gasteiger partial charge is 0.254 e. The van der Waals surface area contributed by atoms with Crippen molar-refractivity contribution in [3.63, 3.8) is 0 Å². The molecule has 4 nitrogen and oxygen atoms in total. The maximum Gasteiger partial charge on any atom is 0.254 e. The Labute approximate surface area is 163 Å². The number of pyridine rings is 1. The summed E-state index contributed by atoms with van der Waals surface area (Å²) in [7, 11) is 0. The summed E-state index contributed by atoms with van der Waals surface area (Å²) in [6.07, 6.45) is 2.55. The van der Waals surface area contributed by atoms with Crippen molar-refractivity contribution in [3.8, 4) is 5.75 Å². The zero-order valence-electron chi connectivity index (χ0n) is 15.7. The molecule has 0 saturated carbocycles. The number of amides is 1. The molecule has 0 atom stereocenters. The molecule has 2 aromatic carbocycles. The average molecular weight is 376 g/mol. The van der Waals surface area contributed by atoms with Crippen LogP contribution in [0.4, 0.5) is 4.39 Å². The third-order valence-electron chi connectivity index (χ3n) is 4.90. The Hall–Kier alpha value is -3.21. The van der Waals surface area contributed by atoms with Gasteiger partial charge < -0.3 is 9.64 Å². The first kappa shape index (κ1) is 18.2. The molecule has 0 radical (unpaired) electrons. The van der Waals surface area contributed by atoms with Gasteiger partial charge in [-0.15, -0.1) is 0 Å². The SMILES string of the molecule is Cc1ccc(C(=O)N2CCc3ncc(COc4ccc(F)cc4)cc3C2)cc1. The van der Waals surface area contributed by atoms with E-state index in [1.54, 1.807) is 18.3 Å². The predicted octanol–water partition coefficient (Wildman–Crippen LogP) is 4.31. The Bertz CT molecular complexity index is 984. The van der Waals surface area contributed by atoms with E-state index in [1.807, 2.05) is 42.2 Å². The lowest BCUT2D eigenvalue weighted by Gasteiger charge is -2.28. The number of fused-ring (bicyclic) bond motifs is 1. The molecule has 1 amide bonds. The lowest BCUT2D eigenvalue weighted by molar-refractivity contribution is 0.0733. The summed E-state index contributed by atoms with van der Waals surface area (Å²) in [5.41, 5.74) is 4.84. The summed E-state index contributed by atoms with van der Waals surface area (Å²) in [4.78, 5) is 19.2. The van der Waals surface area contributed by atoms with Gasteiger partial charge in [-0.3, -0.25) is 9.78 Å². The van der Waals surface area contributed by atoms with Gasteiger partial charge in [0.25, 0.3) is 5.91 Å². The zero-order valence-corrected chi connectivity index (χ0v) is 15.7. The van der Waals surface area contributed by atoms with Crippen LogP contribution in [0.2, 0.25) is 0 Å². The van der Waals surface area contributed by atoms with Crippen LogP contribution in [0.25, 0.3) is 0 Å². The van der Waals surface area contributed by atoms with Crippen LogP contribution in [0, 0.1) is 12.7 Å². The quantitative estimate of drug-likeness (QED) is 0.682. The number of benzene rings is 2. The summed E-state index contributed by atoms with van der Waals surface area (Å²) in [6, 6.07) is 15.6. The van der Waals surface area contributed by atoms with Crippen molar-refractivity contribution in [3.05, 3.63) is 94.6 Å². The fraction of sp³-hybridized carbons (Fsp3) is 0.217. The maximum atomic E-state index is 13.0. The number of hydrogen-bond donors (Lipinski definition) is 0. The fourth-order valence-electron chi connectivity index (χ4n) is 3.30. The molecular weight excluding hydrogens is 355 g/mol. The number of halogens is 1. The summed E-state index contributed by atoms with van der Waals surface area (Å²) in [6.45, 7) is 3.56. The van der Waals surface area contributed by atoms with Gasteiger partial charge in [0.2, 0.25) is 0 Å². The molecular formula is C23H21FN2O2. The van der Waals surface area contributed by atoms with E-state index < -0.39 is 0 Å². The van der Waals surface area contributed by atoms with Gasteiger partial charge in [-0.25, -0.2) is 4.39 Å². The van der Waals surface area contributed by atoms with Gasteiger partial charge >= 0.3 is 0 Å². The Morgan fingerprint density at radius 2 is 1.89 bits per heavy atom. The highest BCUT2D eigenvalue weighted by Gasteiger charge is 2.22. The van der Waals surface area contributed by atoms with Crippen LogP contribution in [0.3, 0.4) is 0 Å². The number of carbonyl (C=O) groups excluding carboxylic acids is 1. The third kappa shape index (κ3) is 4.03. The van der Waals surface area contributed by atoms with E-state index >= 15 is 0 Å². The lowest BCUT2D eigenvalue weighted by Crippen LogP contribution is -2.36. The summed E-state index contributed by atoms with van der Waals surface area (Å²) in [5.74, 6) is 0.357. The Morgan fingerprint density at radius 3 is 2.64 bits per heavy atom. The molecule has 28 heavy (non-hydrogen) atoms. The number of nitrogens with zero attached hydrogens (tertiary/aromatic N) is 2. The highest BCUT2D eigenvalue weighted by Crippen LogP contribution is 2.21. The molecule has 0 fully saturated rings. The number of ether oxygens (including phenoxy) is 1. The second kappa shape index (κ2) is 7.80. The van der Waals surface area contributed by atoms with Gasteiger partial charge in [-0.1, -0.05) is 17.7 Å². The molecule has 0 bridgehead atoms. The van der Waals surface area contributed by atoms with Gasteiger partial charge in [0.1, 0.15) is 18.2 Å². The number of hydrogen-bond acceptors (Lipinski definition) is 3. The second-order valence-electron chi connectivity index (χ2n) is 7.03. The molecule has 1 aliphatic heterocycles. The van der Waals surface area contributed by atoms with Gasteiger partial charge in [0.15, 0.2) is 0 Å². The first-order chi connectivity index (χ1) is 13.6. The van der Waals surface area contributed by atoms with E-state index in [0.717, 1.165) is 28.8 Å². The Morgan fingerprint density at radius 1 is 1.14 bits per heavy atom. The summed E-state index contributed by atoms with van der Waals surface area (Å²) < 4.78 is 18.7. The van der Waals surface area contributed by atoms with Crippen molar-refractivity contribution in [2.45, 2.75) is 26.5 Å². The van der Waals surface area contributed by atoms with Crippen LogP contribution < -0.4 is 4.74 Å². The Kier molecular flexibility index (Phi) is 5.06. The number of carbonyl (C=O) groups is 1. The number of aryl methyl sites for hydroxylation is 1. The predicted molar refractivity (Wildman–Crippen MR) is 105 cm³/mol. The van der Waals surface area contributed by atoms with E-state index in [9.17, 15) is 9.18 Å². The van der Waals surface area contributed by atoms with Crippen molar-refractivity contribution in [2.75, 3.05) is 6.54 Å². The minimum atomic E-state index is -0.291. The van der Waals surface area contributed by atoms with Crippen molar-refractivity contribution in [2.24, 2.45) is 0 Å². The van der Waals surface area contributed by atoms with Crippen LogP contribution in [0.15, 0.2) is 60.8 Å². The first-order valence-corrected chi connectivity index (χ1v) is 9.29. The standard InChI is InChI=1S/C23H21FN2O2/c1-16-2-4-18(5-3-16)23(27)26-11-10-22-19(14-26)12-17(13-25-22)15-28-21-8-6-20(24)7-9-21/h2-9,12-13H,10-11,14-15H2,1H3. The summed E-state index contributed by atoms with van der Waals surface area (Å²) >= 11 is 0. The molecule has 5 heteroatoms. The molecule has 0 N–H and O–H groups in total. The minimum absolute atomic E-state index is 0.0404. The van der Waals surface area contributed by atoms with Crippen LogP contribution in [-0.4, -0.2) is 22.3 Å². The molecule has 4 rings (SSSR count). The van der Waals surface area contributed by atoms with Crippen molar-refractivity contribution in [1.29, 1.82) is 0 Å². The molecule has 2 heterocycles. The Balaban J connectivity index is 1.45. The lowest BCUT2D eigenvalue weighted by atomic mass is 10.0. The van der Waals surface area contributed by atoms with E-state index in [2.05, 4.69) is 4.98 Å². The van der Waals surface area contributed by atoms with Crippen LogP contribution in [-0.2, 0) is 19.6 Å². The van der Waals surface area contributed by atoms with Crippen molar-refractivity contribution in [1.82, 2.24) is 9.88 Å². The molecule has 1 aliphatic rings. The zero-order chi connectivity index (χ0) is 19.5.